The molecule has 0 bridgehead atoms. The monoisotopic (exact) mass is 208 g/mol. The maximum atomic E-state index is 11.2. The number of nitrogens with zero attached hydrogens (tertiary/aromatic N) is 1. The highest BCUT2D eigenvalue weighted by Crippen LogP contribution is 2.09. The average molecular weight is 208 g/mol. The maximum Gasteiger partial charge on any atom is 0.295 e. The van der Waals surface area contributed by atoms with Gasteiger partial charge in [-0.2, -0.15) is 0 Å². The summed E-state index contributed by atoms with van der Waals surface area (Å²) in [5.41, 5.74) is 0. The Labute approximate surface area is 90.0 Å². The molecule has 0 unspecified atom stereocenters. The van der Waals surface area contributed by atoms with Gasteiger partial charge < -0.3 is 10.2 Å². The van der Waals surface area contributed by atoms with E-state index in [1.165, 1.54) is 0 Å². The zero-order valence-electron chi connectivity index (χ0n) is 9.01. The van der Waals surface area contributed by atoms with Crippen LogP contribution in [0.3, 0.4) is 0 Å². The summed E-state index contributed by atoms with van der Waals surface area (Å²) in [6.45, 7) is 3.81. The molecule has 0 radical (unpaired) electrons. The SMILES string of the molecule is CC#CC(=O)NCCCN1CCCC1=O. The Morgan fingerprint density at radius 3 is 3.00 bits per heavy atom. The van der Waals surface area contributed by atoms with Crippen LogP contribution in [0.15, 0.2) is 0 Å². The van der Waals surface area contributed by atoms with E-state index in [2.05, 4.69) is 17.2 Å². The van der Waals surface area contributed by atoms with Crippen LogP contribution < -0.4 is 5.32 Å². The molecule has 0 aliphatic carbocycles. The quantitative estimate of drug-likeness (QED) is 0.527. The molecule has 1 heterocycles. The lowest BCUT2D eigenvalue weighted by atomic mass is 10.4. The second-order valence-corrected chi connectivity index (χ2v) is 3.47. The lowest BCUT2D eigenvalue weighted by Gasteiger charge is -2.14. The van der Waals surface area contributed by atoms with Crippen LogP contribution in [0.25, 0.3) is 0 Å². The molecule has 4 heteroatoms. The van der Waals surface area contributed by atoms with Crippen molar-refractivity contribution in [3.63, 3.8) is 0 Å². The summed E-state index contributed by atoms with van der Waals surface area (Å²) in [7, 11) is 0. The highest BCUT2D eigenvalue weighted by molar-refractivity contribution is 5.93. The van der Waals surface area contributed by atoms with Crippen LogP contribution in [0.1, 0.15) is 26.2 Å². The standard InChI is InChI=1S/C11H16N2O2/c1-2-5-10(14)12-7-4-9-13-8-3-6-11(13)15/h3-4,6-9H2,1H3,(H,12,14). The molecule has 0 aromatic carbocycles. The highest BCUT2D eigenvalue weighted by Gasteiger charge is 2.18. The van der Waals surface area contributed by atoms with Crippen LogP contribution in [0.4, 0.5) is 0 Å². The van der Waals surface area contributed by atoms with Gasteiger partial charge in [-0.25, -0.2) is 0 Å². The topological polar surface area (TPSA) is 49.4 Å². The zero-order valence-corrected chi connectivity index (χ0v) is 9.01. The average Bonchev–Trinajstić information content (AvgIpc) is 2.60. The Hall–Kier alpha value is -1.50. The molecular formula is C11H16N2O2. The highest BCUT2D eigenvalue weighted by atomic mass is 16.2. The van der Waals surface area contributed by atoms with E-state index < -0.39 is 0 Å². The number of carbonyl (C=O) groups excluding carboxylic acids is 2. The van der Waals surface area contributed by atoms with Crippen LogP contribution in [-0.4, -0.2) is 36.3 Å². The minimum atomic E-state index is -0.245. The lowest BCUT2D eigenvalue weighted by Crippen LogP contribution is -2.30. The Bertz CT molecular complexity index is 301. The summed E-state index contributed by atoms with van der Waals surface area (Å²) in [4.78, 5) is 24.0. The molecular weight excluding hydrogens is 192 g/mol. The number of amides is 2. The van der Waals surface area contributed by atoms with Crippen molar-refractivity contribution in [1.82, 2.24) is 10.2 Å². The normalized spacial score (nSPS) is 14.7. The van der Waals surface area contributed by atoms with Crippen LogP contribution in [0, 0.1) is 11.8 Å². The summed E-state index contributed by atoms with van der Waals surface area (Å²) >= 11 is 0. The number of carbonyl (C=O) groups is 2. The van der Waals surface area contributed by atoms with Crippen LogP contribution in [-0.2, 0) is 9.59 Å². The van der Waals surface area contributed by atoms with Gasteiger partial charge in [-0.15, -0.1) is 0 Å². The summed E-state index contributed by atoms with van der Waals surface area (Å²) in [5, 5.41) is 2.67. The smallest absolute Gasteiger partial charge is 0.295 e. The summed E-state index contributed by atoms with van der Waals surface area (Å²) in [6, 6.07) is 0. The van der Waals surface area contributed by atoms with Gasteiger partial charge in [0.25, 0.3) is 5.91 Å². The number of hydrogen-bond donors (Lipinski definition) is 1. The summed E-state index contributed by atoms with van der Waals surface area (Å²) < 4.78 is 0. The van der Waals surface area contributed by atoms with Crippen molar-refractivity contribution in [3.8, 4) is 11.8 Å². The van der Waals surface area contributed by atoms with Gasteiger partial charge >= 0.3 is 0 Å². The predicted molar refractivity (Wildman–Crippen MR) is 56.9 cm³/mol. The van der Waals surface area contributed by atoms with Crippen molar-refractivity contribution in [2.75, 3.05) is 19.6 Å². The van der Waals surface area contributed by atoms with E-state index in [4.69, 9.17) is 0 Å². The first-order chi connectivity index (χ1) is 7.24. The van der Waals surface area contributed by atoms with Gasteiger partial charge in [0.05, 0.1) is 0 Å². The van der Waals surface area contributed by atoms with Gasteiger partial charge in [0.15, 0.2) is 0 Å². The molecule has 0 saturated carbocycles. The molecule has 1 fully saturated rings. The number of hydrogen-bond acceptors (Lipinski definition) is 2. The third-order valence-electron chi connectivity index (χ3n) is 2.30. The van der Waals surface area contributed by atoms with Crippen molar-refractivity contribution >= 4 is 11.8 Å². The van der Waals surface area contributed by atoms with Crippen molar-refractivity contribution in [3.05, 3.63) is 0 Å². The van der Waals surface area contributed by atoms with Gasteiger partial charge in [0.1, 0.15) is 0 Å². The molecule has 15 heavy (non-hydrogen) atoms. The van der Waals surface area contributed by atoms with Gasteiger partial charge in [0, 0.05) is 26.1 Å². The molecule has 1 saturated heterocycles. The van der Waals surface area contributed by atoms with Crippen LogP contribution >= 0.6 is 0 Å². The predicted octanol–water partition coefficient (Wildman–Crippen LogP) is 0.138. The molecule has 2 amide bonds. The van der Waals surface area contributed by atoms with Crippen LogP contribution in [0.5, 0.6) is 0 Å². The van der Waals surface area contributed by atoms with Crippen LogP contribution in [0.2, 0.25) is 0 Å². The van der Waals surface area contributed by atoms with E-state index in [0.29, 0.717) is 13.0 Å². The number of nitrogens with one attached hydrogen (secondary N) is 1. The molecule has 1 N–H and O–H groups in total. The van der Waals surface area contributed by atoms with Crippen molar-refractivity contribution in [2.45, 2.75) is 26.2 Å². The van der Waals surface area contributed by atoms with E-state index in [0.717, 1.165) is 25.9 Å². The van der Waals surface area contributed by atoms with Gasteiger partial charge in [-0.1, -0.05) is 5.92 Å². The fourth-order valence-electron chi connectivity index (χ4n) is 1.57. The second kappa shape index (κ2) is 6.07. The lowest BCUT2D eigenvalue weighted by molar-refractivity contribution is -0.127. The van der Waals surface area contributed by atoms with Gasteiger partial charge in [0.2, 0.25) is 5.91 Å². The first-order valence-electron chi connectivity index (χ1n) is 5.22. The van der Waals surface area contributed by atoms with E-state index >= 15 is 0 Å². The Morgan fingerprint density at radius 2 is 2.40 bits per heavy atom. The van der Waals surface area contributed by atoms with Crippen molar-refractivity contribution in [1.29, 1.82) is 0 Å². The number of likely N-dealkylation sites (tertiary alicyclic amines) is 1. The molecule has 1 aliphatic rings. The molecule has 0 atom stereocenters. The molecule has 1 rings (SSSR count). The third kappa shape index (κ3) is 4.03. The minimum Gasteiger partial charge on any atom is -0.345 e. The minimum absolute atomic E-state index is 0.231. The van der Waals surface area contributed by atoms with Crippen molar-refractivity contribution < 1.29 is 9.59 Å². The summed E-state index contributed by atoms with van der Waals surface area (Å²) in [5.74, 6) is 4.92. The third-order valence-corrected chi connectivity index (χ3v) is 2.30. The van der Waals surface area contributed by atoms with E-state index in [1.54, 1.807) is 6.92 Å². The van der Waals surface area contributed by atoms with E-state index in [1.807, 2.05) is 4.90 Å². The summed E-state index contributed by atoms with van der Waals surface area (Å²) in [6.07, 6.45) is 2.43. The van der Waals surface area contributed by atoms with Crippen molar-refractivity contribution in [2.24, 2.45) is 0 Å². The Morgan fingerprint density at radius 1 is 1.60 bits per heavy atom. The van der Waals surface area contributed by atoms with Gasteiger partial charge in [-0.3, -0.25) is 9.59 Å². The first kappa shape index (κ1) is 11.6. The number of rotatable bonds is 4. The largest absolute Gasteiger partial charge is 0.345 e. The van der Waals surface area contributed by atoms with E-state index in [9.17, 15) is 9.59 Å². The molecule has 82 valence electrons. The first-order valence-corrected chi connectivity index (χ1v) is 5.22. The Balaban J connectivity index is 2.08. The maximum absolute atomic E-state index is 11.2. The molecule has 1 aliphatic heterocycles. The molecule has 0 aromatic rings. The molecule has 0 spiro atoms. The van der Waals surface area contributed by atoms with E-state index in [-0.39, 0.29) is 11.8 Å². The molecule has 0 aromatic heterocycles. The fraction of sp³-hybridized carbons (Fsp3) is 0.636. The second-order valence-electron chi connectivity index (χ2n) is 3.47. The zero-order chi connectivity index (χ0) is 11.1. The van der Waals surface area contributed by atoms with Gasteiger partial charge in [-0.05, 0) is 25.7 Å². The fourth-order valence-corrected chi connectivity index (χ4v) is 1.57. The Kier molecular flexibility index (Phi) is 4.69. The molecule has 4 nitrogen and oxygen atoms in total.